The van der Waals surface area contributed by atoms with Gasteiger partial charge in [-0.2, -0.15) is 0 Å². The van der Waals surface area contributed by atoms with Crippen LogP contribution in [-0.2, 0) is 0 Å². The summed E-state index contributed by atoms with van der Waals surface area (Å²) >= 11 is 0. The SMILES string of the molecule is c1ccc(-c2cc3ccccc3cc2-c2cc3c4c(c2)Oc2ccccc2B4c2ccccc2O3)cc1.c1ccc2c(c1)Oc1cc(-c3cc4ccccc4c4ccccc34)cc3c1B2c1ccccc1O3.c1ccc2c(c1)Oc1cc(-c3ccc4c5ccccc5c5ccccc5c4c3)cc3c1B2c1ccccc1O3. The van der Waals surface area contributed by atoms with Gasteiger partial charge < -0.3 is 28.4 Å². The van der Waals surface area contributed by atoms with Crippen molar-refractivity contribution >= 4 is 134 Å². The molecule has 0 radical (unpaired) electrons. The number of hydrogen-bond acceptors (Lipinski definition) is 6. The lowest BCUT2D eigenvalue weighted by atomic mass is 9.35. The lowest BCUT2D eigenvalue weighted by molar-refractivity contribution is 0.464. The number of fused-ring (bicyclic) bond motifs is 22. The molecular weight excluding hydrogens is 1350 g/mol. The molecule has 514 valence electrons. The lowest BCUT2D eigenvalue weighted by Crippen LogP contribution is -2.57. The molecule has 6 heterocycles. The quantitative estimate of drug-likeness (QED) is 0.129. The van der Waals surface area contributed by atoms with Crippen molar-refractivity contribution < 1.29 is 28.4 Å². The van der Waals surface area contributed by atoms with E-state index in [2.05, 4.69) is 334 Å². The summed E-state index contributed by atoms with van der Waals surface area (Å²) in [4.78, 5) is 0. The molecule has 25 rings (SSSR count). The average Bonchev–Trinajstić information content (AvgIpc) is 0.737. The second kappa shape index (κ2) is 25.2. The minimum Gasteiger partial charge on any atom is -0.458 e. The van der Waals surface area contributed by atoms with Crippen molar-refractivity contribution in [3.8, 4) is 114 Å². The van der Waals surface area contributed by atoms with Crippen molar-refractivity contribution in [1.29, 1.82) is 0 Å². The lowest BCUT2D eigenvalue weighted by Gasteiger charge is -2.33. The van der Waals surface area contributed by atoms with Gasteiger partial charge in [-0.05, 0) is 239 Å². The van der Waals surface area contributed by atoms with Crippen LogP contribution < -0.4 is 77.6 Å². The Morgan fingerprint density at radius 1 is 0.144 bits per heavy atom. The first-order valence-electron chi connectivity index (χ1n) is 38.0. The van der Waals surface area contributed by atoms with E-state index in [-0.39, 0.29) is 20.1 Å². The van der Waals surface area contributed by atoms with Gasteiger partial charge in [-0.25, -0.2) is 0 Å². The summed E-state index contributed by atoms with van der Waals surface area (Å²) in [5.74, 6) is 10.6. The zero-order valence-corrected chi connectivity index (χ0v) is 59.9. The molecule has 0 N–H and O–H groups in total. The Labute approximate surface area is 641 Å². The molecule has 111 heavy (non-hydrogen) atoms. The van der Waals surface area contributed by atoms with E-state index in [9.17, 15) is 0 Å². The Morgan fingerprint density at radius 2 is 0.414 bits per heavy atom. The molecule has 0 amide bonds. The van der Waals surface area contributed by atoms with Crippen molar-refractivity contribution in [2.45, 2.75) is 0 Å². The van der Waals surface area contributed by atoms with Crippen molar-refractivity contribution in [1.82, 2.24) is 0 Å². The predicted molar refractivity (Wildman–Crippen MR) is 459 cm³/mol. The van der Waals surface area contributed by atoms with Gasteiger partial charge in [-0.1, -0.05) is 273 Å². The van der Waals surface area contributed by atoms with Crippen LogP contribution in [0.4, 0.5) is 0 Å². The van der Waals surface area contributed by atoms with Crippen LogP contribution in [0.25, 0.3) is 109 Å². The van der Waals surface area contributed by atoms with Crippen LogP contribution in [0.3, 0.4) is 0 Å². The zero-order chi connectivity index (χ0) is 72.8. The molecule has 0 fully saturated rings. The summed E-state index contributed by atoms with van der Waals surface area (Å²) in [5.41, 5.74) is 19.5. The minimum absolute atomic E-state index is 0.0825. The number of para-hydroxylation sites is 6. The number of rotatable bonds is 4. The van der Waals surface area contributed by atoms with Crippen molar-refractivity contribution in [3.63, 3.8) is 0 Å². The van der Waals surface area contributed by atoms with Gasteiger partial charge in [0.05, 0.1) is 0 Å². The third-order valence-electron chi connectivity index (χ3n) is 23.3. The Morgan fingerprint density at radius 3 is 0.811 bits per heavy atom. The molecule has 0 bridgehead atoms. The third-order valence-corrected chi connectivity index (χ3v) is 23.3. The fourth-order valence-electron chi connectivity index (χ4n) is 18.4. The highest BCUT2D eigenvalue weighted by Crippen LogP contribution is 2.47. The van der Waals surface area contributed by atoms with Gasteiger partial charge in [0.1, 0.15) is 69.0 Å². The topological polar surface area (TPSA) is 55.4 Å². The van der Waals surface area contributed by atoms with Gasteiger partial charge in [-0.3, -0.25) is 0 Å². The van der Waals surface area contributed by atoms with Crippen molar-refractivity contribution in [2.75, 3.05) is 0 Å². The van der Waals surface area contributed by atoms with Crippen molar-refractivity contribution in [2.24, 2.45) is 0 Å². The summed E-state index contributed by atoms with van der Waals surface area (Å²) in [7, 11) is 0. The summed E-state index contributed by atoms with van der Waals surface area (Å²) in [6, 6.07) is 131. The number of benzene rings is 19. The second-order valence-electron chi connectivity index (χ2n) is 29.5. The van der Waals surface area contributed by atoms with E-state index in [1.807, 2.05) is 36.4 Å². The second-order valence-corrected chi connectivity index (χ2v) is 29.5. The summed E-state index contributed by atoms with van der Waals surface area (Å²) in [6.45, 7) is 0.266. The van der Waals surface area contributed by atoms with Gasteiger partial charge >= 0.3 is 0 Å². The van der Waals surface area contributed by atoms with Gasteiger partial charge in [0.25, 0.3) is 20.1 Å². The van der Waals surface area contributed by atoms with Crippen molar-refractivity contribution in [3.05, 3.63) is 370 Å². The first-order valence-corrected chi connectivity index (χ1v) is 38.0. The molecule has 19 aromatic carbocycles. The van der Waals surface area contributed by atoms with Crippen LogP contribution in [0.15, 0.2) is 370 Å². The Balaban J connectivity index is 0.0000000998. The molecule has 0 aromatic heterocycles. The van der Waals surface area contributed by atoms with Crippen LogP contribution >= 0.6 is 0 Å². The molecule has 0 spiro atoms. The Bertz CT molecular complexity index is 6910. The first-order chi connectivity index (χ1) is 55.0. The molecule has 0 saturated carbocycles. The van der Waals surface area contributed by atoms with E-state index >= 15 is 0 Å². The average molecular weight is 1420 g/mol. The molecule has 0 unspecified atom stereocenters. The highest BCUT2D eigenvalue weighted by atomic mass is 16.5. The maximum atomic E-state index is 6.55. The van der Waals surface area contributed by atoms with Crippen LogP contribution in [-0.4, -0.2) is 20.1 Å². The van der Waals surface area contributed by atoms with E-state index in [0.29, 0.717) is 0 Å². The molecule has 9 heteroatoms. The van der Waals surface area contributed by atoms with Gasteiger partial charge in [0.15, 0.2) is 0 Å². The molecule has 19 aromatic rings. The molecule has 0 saturated heterocycles. The largest absolute Gasteiger partial charge is 0.458 e. The van der Waals surface area contributed by atoms with Gasteiger partial charge in [0.2, 0.25) is 0 Å². The Kier molecular flexibility index (Phi) is 14.3. The van der Waals surface area contributed by atoms with Gasteiger partial charge in [0, 0.05) is 16.4 Å². The molecule has 6 aliphatic heterocycles. The highest BCUT2D eigenvalue weighted by Gasteiger charge is 2.44. The summed E-state index contributed by atoms with van der Waals surface area (Å²) in [5, 5.41) is 15.0. The molecular formula is C102H61B3O6. The van der Waals surface area contributed by atoms with Crippen LogP contribution in [0.5, 0.6) is 69.0 Å². The minimum atomic E-state index is 0.0825. The van der Waals surface area contributed by atoms with E-state index < -0.39 is 0 Å². The number of hydrogen-bond donors (Lipinski definition) is 0. The molecule has 0 aliphatic carbocycles. The maximum absolute atomic E-state index is 6.55. The number of ether oxygens (including phenoxy) is 6. The van der Waals surface area contributed by atoms with E-state index in [4.69, 9.17) is 28.4 Å². The van der Waals surface area contributed by atoms with Crippen LogP contribution in [0.1, 0.15) is 0 Å². The fraction of sp³-hybridized carbons (Fsp3) is 0. The molecule has 6 aliphatic rings. The van der Waals surface area contributed by atoms with Gasteiger partial charge in [-0.15, -0.1) is 0 Å². The third kappa shape index (κ3) is 10.2. The van der Waals surface area contributed by atoms with Crippen LogP contribution in [0, 0.1) is 0 Å². The van der Waals surface area contributed by atoms with E-state index in [1.165, 1.54) is 114 Å². The smallest absolute Gasteiger partial charge is 0.260 e. The highest BCUT2D eigenvalue weighted by molar-refractivity contribution is 6.99. The first kappa shape index (κ1) is 62.9. The maximum Gasteiger partial charge on any atom is 0.260 e. The summed E-state index contributed by atoms with van der Waals surface area (Å²) in [6.07, 6.45) is 0. The summed E-state index contributed by atoms with van der Waals surface area (Å²) < 4.78 is 39.2. The molecule has 0 atom stereocenters. The van der Waals surface area contributed by atoms with E-state index in [0.717, 1.165) is 113 Å². The van der Waals surface area contributed by atoms with Crippen LogP contribution in [0.2, 0.25) is 0 Å². The monoisotopic (exact) mass is 1410 g/mol. The zero-order valence-electron chi connectivity index (χ0n) is 59.9. The Hall–Kier alpha value is -14.3. The molecule has 6 nitrogen and oxygen atoms in total. The fourth-order valence-corrected chi connectivity index (χ4v) is 18.4. The standard InChI is InChI=1S/C36H21BO2.C34H21BO2.C32H19BO2/c1-2-11-26-24(9-1)25-10-3-4-12-27(25)29-19-22(17-18-28(26)29)23-20-34-36-35(21-23)39-33-16-8-6-14-31(33)37(36)30-13-5-7-15-32(30)38-34;1-2-10-22(11-3-1)26-18-23-12-4-5-13-24(23)19-27(26)25-20-32-34-33(21-25)37-31-17-9-7-15-29(31)35(34)28-14-6-8-16-30(28)36-32;1-2-10-22-20(9-1)17-25(24-12-4-3-11-23(22)24)21-18-30-32-31(19-21)35-29-16-8-6-14-27(29)33(32)26-13-5-7-15-28(26)34-30/h1-21H;1-21H;1-19H. The van der Waals surface area contributed by atoms with E-state index in [1.54, 1.807) is 0 Å². The normalized spacial score (nSPS) is 12.9. The predicted octanol–water partition coefficient (Wildman–Crippen LogP) is 20.8.